The van der Waals surface area contributed by atoms with Gasteiger partial charge < -0.3 is 5.32 Å². The lowest BCUT2D eigenvalue weighted by molar-refractivity contribution is 1.34. The van der Waals surface area contributed by atoms with Crippen molar-refractivity contribution in [1.82, 2.24) is 5.32 Å². The first kappa shape index (κ1) is 7.24. The first-order chi connectivity index (χ1) is 4.22. The molecular weight excluding hydrogens is 220 g/mol. The largest absolute Gasteiger partial charge is 0.340 e. The number of aliphatic imine (C=N–C) groups is 1. The lowest BCUT2D eigenvalue weighted by Crippen LogP contribution is -2.36. The lowest BCUT2D eigenvalue weighted by Gasteiger charge is -2.13. The molecule has 5 heteroatoms. The number of nitrogens with one attached hydrogen (secondary N) is 1. The van der Waals surface area contributed by atoms with E-state index < -0.39 is 0 Å². The molecule has 1 N–H and O–H groups in total. The lowest BCUT2D eigenvalue weighted by atomic mass is 10.4. The summed E-state index contributed by atoms with van der Waals surface area (Å²) in [5.74, 6) is 0. The molecule has 9 heavy (non-hydrogen) atoms. The van der Waals surface area contributed by atoms with E-state index in [0.29, 0.717) is 9.98 Å². The van der Waals surface area contributed by atoms with Crippen LogP contribution in [0.25, 0.3) is 0 Å². The molecule has 2 nitrogen and oxygen atoms in total. The summed E-state index contributed by atoms with van der Waals surface area (Å²) in [4.78, 5) is 5.02. The Bertz CT molecular complexity index is 189. The smallest absolute Gasteiger partial charge is 0.125 e. The van der Waals surface area contributed by atoms with Gasteiger partial charge in [0.15, 0.2) is 0 Å². The topological polar surface area (TPSA) is 24.4 Å². The van der Waals surface area contributed by atoms with Crippen molar-refractivity contribution in [3.8, 4) is 0 Å². The number of alkyl halides is 1. The van der Waals surface area contributed by atoms with Crippen LogP contribution in [0.15, 0.2) is 4.99 Å². The highest BCUT2D eigenvalue weighted by molar-refractivity contribution is 9.10. The SMILES string of the molecule is S=C1N=CNC(=S)C1Br. The molecule has 1 aliphatic rings. The minimum Gasteiger partial charge on any atom is -0.340 e. The summed E-state index contributed by atoms with van der Waals surface area (Å²) in [7, 11) is 0. The van der Waals surface area contributed by atoms with Crippen molar-refractivity contribution in [1.29, 1.82) is 0 Å². The Kier molecular flexibility index (Phi) is 2.26. The van der Waals surface area contributed by atoms with Crippen LogP contribution in [0.5, 0.6) is 0 Å². The van der Waals surface area contributed by atoms with Gasteiger partial charge in [0.2, 0.25) is 0 Å². The van der Waals surface area contributed by atoms with E-state index in [9.17, 15) is 0 Å². The van der Waals surface area contributed by atoms with E-state index in [-0.39, 0.29) is 4.83 Å². The molecule has 0 aromatic rings. The van der Waals surface area contributed by atoms with E-state index in [1.165, 1.54) is 6.34 Å². The second kappa shape index (κ2) is 2.81. The van der Waals surface area contributed by atoms with Crippen LogP contribution in [0.1, 0.15) is 0 Å². The predicted octanol–water partition coefficient (Wildman–Crippen LogP) is 1.04. The average Bonchev–Trinajstić information content (AvgIpc) is 1.83. The molecule has 1 atom stereocenters. The van der Waals surface area contributed by atoms with Gasteiger partial charge in [-0.05, 0) is 0 Å². The van der Waals surface area contributed by atoms with E-state index >= 15 is 0 Å². The van der Waals surface area contributed by atoms with Crippen molar-refractivity contribution in [2.24, 2.45) is 4.99 Å². The third-order valence-corrected chi connectivity index (χ3v) is 3.04. The van der Waals surface area contributed by atoms with Gasteiger partial charge in [-0.3, -0.25) is 0 Å². The standard InChI is InChI=1S/C4H3BrN2S2/c5-2-3(8)6-1-7-4(2)9/h1-2H,(H,6,7,8,9). The fourth-order valence-corrected chi connectivity index (χ4v) is 1.07. The molecule has 0 saturated heterocycles. The molecule has 0 spiro atoms. The molecule has 0 radical (unpaired) electrons. The Morgan fingerprint density at radius 1 is 1.67 bits per heavy atom. The second-order valence-corrected chi connectivity index (χ2v) is 3.24. The van der Waals surface area contributed by atoms with Crippen molar-refractivity contribution < 1.29 is 0 Å². The quantitative estimate of drug-likeness (QED) is 0.490. The van der Waals surface area contributed by atoms with Crippen LogP contribution in [-0.4, -0.2) is 21.1 Å². The van der Waals surface area contributed by atoms with E-state index in [4.69, 9.17) is 24.4 Å². The number of rotatable bonds is 0. The van der Waals surface area contributed by atoms with Crippen molar-refractivity contribution in [2.75, 3.05) is 0 Å². The molecule has 0 bridgehead atoms. The maximum Gasteiger partial charge on any atom is 0.125 e. The summed E-state index contributed by atoms with van der Waals surface area (Å²) in [6.45, 7) is 0. The third kappa shape index (κ3) is 1.53. The summed E-state index contributed by atoms with van der Waals surface area (Å²) in [5, 5.41) is 2.77. The third-order valence-electron chi connectivity index (χ3n) is 0.846. The fourth-order valence-electron chi connectivity index (χ4n) is 0.410. The van der Waals surface area contributed by atoms with Crippen molar-refractivity contribution in [2.45, 2.75) is 4.83 Å². The zero-order valence-electron chi connectivity index (χ0n) is 4.30. The first-order valence-electron chi connectivity index (χ1n) is 2.22. The number of hydrogen-bond donors (Lipinski definition) is 1. The van der Waals surface area contributed by atoms with E-state index in [0.717, 1.165) is 0 Å². The summed E-state index contributed by atoms with van der Waals surface area (Å²) in [6.07, 6.45) is 1.50. The maximum absolute atomic E-state index is 4.87. The Labute approximate surface area is 71.9 Å². The van der Waals surface area contributed by atoms with E-state index in [2.05, 4.69) is 26.2 Å². The van der Waals surface area contributed by atoms with E-state index in [1.54, 1.807) is 0 Å². The van der Waals surface area contributed by atoms with Crippen molar-refractivity contribution in [3.05, 3.63) is 0 Å². The molecule has 48 valence electrons. The molecular formula is C4H3BrN2S2. The minimum absolute atomic E-state index is 0.0625. The highest BCUT2D eigenvalue weighted by atomic mass is 79.9. The predicted molar refractivity (Wildman–Crippen MR) is 49.5 cm³/mol. The highest BCUT2D eigenvalue weighted by Gasteiger charge is 2.17. The van der Waals surface area contributed by atoms with E-state index in [1.807, 2.05) is 0 Å². The van der Waals surface area contributed by atoms with Gasteiger partial charge in [0.25, 0.3) is 0 Å². The number of nitrogens with zero attached hydrogens (tertiary/aromatic N) is 1. The van der Waals surface area contributed by atoms with Gasteiger partial charge in [0.1, 0.15) is 14.8 Å². The van der Waals surface area contributed by atoms with Crippen molar-refractivity contribution in [3.63, 3.8) is 0 Å². The van der Waals surface area contributed by atoms with Crippen LogP contribution in [0.3, 0.4) is 0 Å². The molecule has 1 rings (SSSR count). The van der Waals surface area contributed by atoms with Gasteiger partial charge in [0.05, 0.1) is 6.34 Å². The first-order valence-corrected chi connectivity index (χ1v) is 3.96. The maximum atomic E-state index is 4.87. The molecule has 1 heterocycles. The zero-order chi connectivity index (χ0) is 6.85. The Morgan fingerprint density at radius 2 is 2.33 bits per heavy atom. The zero-order valence-corrected chi connectivity index (χ0v) is 7.52. The van der Waals surface area contributed by atoms with Gasteiger partial charge in [-0.25, -0.2) is 4.99 Å². The van der Waals surface area contributed by atoms with Gasteiger partial charge in [-0.15, -0.1) is 0 Å². The van der Waals surface area contributed by atoms with Crippen LogP contribution < -0.4 is 5.32 Å². The molecule has 0 saturated carbocycles. The van der Waals surface area contributed by atoms with Crippen LogP contribution in [0, 0.1) is 0 Å². The molecule has 0 aromatic carbocycles. The monoisotopic (exact) mass is 222 g/mol. The average molecular weight is 223 g/mol. The number of halogens is 1. The van der Waals surface area contributed by atoms with Crippen LogP contribution >= 0.6 is 40.4 Å². The molecule has 0 aliphatic carbocycles. The summed E-state index contributed by atoms with van der Waals surface area (Å²) < 4.78 is 0. The number of hydrogen-bond acceptors (Lipinski definition) is 2. The van der Waals surface area contributed by atoms with Crippen LogP contribution in [0.4, 0.5) is 0 Å². The normalized spacial score (nSPS) is 26.1. The van der Waals surface area contributed by atoms with Gasteiger partial charge in [-0.2, -0.15) is 0 Å². The molecule has 0 aromatic heterocycles. The van der Waals surface area contributed by atoms with Gasteiger partial charge in [-0.1, -0.05) is 40.4 Å². The summed E-state index contributed by atoms with van der Waals surface area (Å²) >= 11 is 13.0. The Morgan fingerprint density at radius 3 is 2.78 bits per heavy atom. The Hall–Kier alpha value is 0.130. The van der Waals surface area contributed by atoms with Crippen LogP contribution in [0.2, 0.25) is 0 Å². The molecule has 1 unspecified atom stereocenters. The second-order valence-electron chi connectivity index (χ2n) is 1.47. The fraction of sp³-hybridized carbons (Fsp3) is 0.250. The van der Waals surface area contributed by atoms with Crippen molar-refractivity contribution >= 4 is 56.7 Å². The summed E-state index contributed by atoms with van der Waals surface area (Å²) in [6, 6.07) is 0. The molecule has 0 amide bonds. The number of thiocarbonyl (C=S) groups is 2. The summed E-state index contributed by atoms with van der Waals surface area (Å²) in [5.41, 5.74) is 0. The van der Waals surface area contributed by atoms with Gasteiger partial charge in [0, 0.05) is 0 Å². The van der Waals surface area contributed by atoms with Crippen LogP contribution in [-0.2, 0) is 0 Å². The Balaban J connectivity index is 2.81. The molecule has 1 aliphatic heterocycles. The molecule has 0 fully saturated rings. The minimum atomic E-state index is -0.0625. The highest BCUT2D eigenvalue weighted by Crippen LogP contribution is 2.07. The van der Waals surface area contributed by atoms with Gasteiger partial charge >= 0.3 is 0 Å².